The van der Waals surface area contributed by atoms with Crippen LogP contribution in [0.2, 0.25) is 0 Å². The summed E-state index contributed by atoms with van der Waals surface area (Å²) in [5, 5.41) is 9.10. The summed E-state index contributed by atoms with van der Waals surface area (Å²) in [6.45, 7) is 0. The Morgan fingerprint density at radius 3 is 1.33 bits per heavy atom. The molecule has 54 heavy (non-hydrogen) atoms. The van der Waals surface area contributed by atoms with Gasteiger partial charge in [0.05, 0.1) is 5.69 Å². The van der Waals surface area contributed by atoms with Gasteiger partial charge in [0.2, 0.25) is 0 Å². The van der Waals surface area contributed by atoms with Crippen molar-refractivity contribution in [2.45, 2.75) is 0 Å². The predicted molar refractivity (Wildman–Crippen MR) is 235 cm³/mol. The number of fused-ring (bicyclic) bond motifs is 3. The Morgan fingerprint density at radius 1 is 0.352 bits per heavy atom. The third-order valence-electron chi connectivity index (χ3n) is 10.6. The van der Waals surface area contributed by atoms with E-state index in [-0.39, 0.29) is 0 Å². The summed E-state index contributed by atoms with van der Waals surface area (Å²) >= 11 is 0. The number of nitrogens with zero attached hydrogens (tertiary/aromatic N) is 1. The maximum Gasteiger partial charge on any atom is 0.172 e. The monoisotopic (exact) mass is 705 g/mol. The maximum atomic E-state index is 2.51. The van der Waals surface area contributed by atoms with Crippen LogP contribution >= 0.6 is 0 Å². The van der Waals surface area contributed by atoms with Crippen molar-refractivity contribution in [3.05, 3.63) is 236 Å². The Hall–Kier alpha value is -6.74. The summed E-state index contributed by atoms with van der Waals surface area (Å²) in [5.74, 6) is 0. The zero-order valence-electron chi connectivity index (χ0n) is 30.0. The van der Waals surface area contributed by atoms with Gasteiger partial charge in [0.15, 0.2) is 8.07 Å². The van der Waals surface area contributed by atoms with E-state index in [9.17, 15) is 0 Å². The molecule has 0 fully saturated rings. The molecule has 0 aliphatic carbocycles. The van der Waals surface area contributed by atoms with E-state index in [1.807, 2.05) is 0 Å². The van der Waals surface area contributed by atoms with Crippen LogP contribution in [-0.2, 0) is 0 Å². The molecule has 0 aliphatic rings. The second kappa shape index (κ2) is 14.7. The molecule has 2 heteroatoms. The van der Waals surface area contributed by atoms with E-state index in [4.69, 9.17) is 0 Å². The lowest BCUT2D eigenvalue weighted by molar-refractivity contribution is 1.30. The van der Waals surface area contributed by atoms with Crippen molar-refractivity contribution < 1.29 is 0 Å². The van der Waals surface area contributed by atoms with Gasteiger partial charge in [0.25, 0.3) is 0 Å². The summed E-state index contributed by atoms with van der Waals surface area (Å²) in [7, 11) is -2.48. The smallest absolute Gasteiger partial charge is 0.172 e. The van der Waals surface area contributed by atoms with Gasteiger partial charge in [-0.2, -0.15) is 0 Å². The minimum atomic E-state index is -2.48. The minimum absolute atomic E-state index is 1.12. The molecule has 0 atom stereocenters. The van der Waals surface area contributed by atoms with Gasteiger partial charge in [-0.3, -0.25) is 0 Å². The van der Waals surface area contributed by atoms with Crippen LogP contribution < -0.4 is 20.5 Å². The van der Waals surface area contributed by atoms with Crippen LogP contribution in [0.1, 0.15) is 5.56 Å². The van der Waals surface area contributed by atoms with Crippen LogP contribution in [0, 0.1) is 0 Å². The molecule has 0 spiro atoms. The van der Waals surface area contributed by atoms with Crippen LogP contribution in [0.3, 0.4) is 0 Å². The number of hydrogen-bond acceptors (Lipinski definition) is 1. The topological polar surface area (TPSA) is 3.24 Å². The Morgan fingerprint density at radius 2 is 0.778 bits per heavy atom. The lowest BCUT2D eigenvalue weighted by Crippen LogP contribution is -2.66. The first-order valence-electron chi connectivity index (χ1n) is 18.6. The van der Waals surface area contributed by atoms with Crippen molar-refractivity contribution >= 4 is 68.3 Å². The van der Waals surface area contributed by atoms with Gasteiger partial charge >= 0.3 is 0 Å². The molecule has 1 nitrogen and oxygen atoms in total. The Bertz CT molecular complexity index is 2570. The number of benzene rings is 9. The summed E-state index contributed by atoms with van der Waals surface area (Å²) < 4.78 is 0. The van der Waals surface area contributed by atoms with Crippen LogP contribution in [0.15, 0.2) is 230 Å². The molecule has 9 aromatic carbocycles. The number of rotatable bonds is 9. The van der Waals surface area contributed by atoms with Crippen LogP contribution in [0.4, 0.5) is 17.1 Å². The van der Waals surface area contributed by atoms with E-state index in [0.29, 0.717) is 0 Å². The SMILES string of the molecule is C(=C\[Si](c1ccccc1)(c1ccccc1)c1ccccc1)/c1ccc(-c2ccc(N(c3ccccc3)c3cc4ccccc4c4ccccc34)cc2)cc1. The first-order valence-corrected chi connectivity index (χ1v) is 20.7. The molecule has 0 bridgehead atoms. The molecule has 0 aromatic heterocycles. The van der Waals surface area contributed by atoms with E-state index in [0.717, 1.165) is 11.4 Å². The van der Waals surface area contributed by atoms with E-state index in [1.54, 1.807) is 0 Å². The summed E-state index contributed by atoms with van der Waals surface area (Å²) in [4.78, 5) is 2.38. The predicted octanol–water partition coefficient (Wildman–Crippen LogP) is 11.9. The highest BCUT2D eigenvalue weighted by Gasteiger charge is 2.36. The van der Waals surface area contributed by atoms with Crippen molar-refractivity contribution in [2.75, 3.05) is 4.90 Å². The van der Waals surface area contributed by atoms with Crippen molar-refractivity contribution in [1.82, 2.24) is 0 Å². The third kappa shape index (κ3) is 6.23. The first-order chi connectivity index (χ1) is 26.8. The minimum Gasteiger partial charge on any atom is -0.310 e. The van der Waals surface area contributed by atoms with Gasteiger partial charge in [0, 0.05) is 16.8 Å². The maximum absolute atomic E-state index is 2.51. The number of hydrogen-bond donors (Lipinski definition) is 0. The third-order valence-corrected chi connectivity index (χ3v) is 15.0. The van der Waals surface area contributed by atoms with Gasteiger partial charge < -0.3 is 4.90 Å². The average molecular weight is 706 g/mol. The van der Waals surface area contributed by atoms with E-state index in [1.165, 1.54) is 59.5 Å². The number of anilines is 3. The molecule has 0 unspecified atom stereocenters. The van der Waals surface area contributed by atoms with Crippen molar-refractivity contribution in [3.8, 4) is 11.1 Å². The quantitative estimate of drug-likeness (QED) is 0.0821. The van der Waals surface area contributed by atoms with E-state index in [2.05, 4.69) is 241 Å². The first kappa shape index (κ1) is 33.1. The van der Waals surface area contributed by atoms with Gasteiger partial charge in [-0.05, 0) is 78.7 Å². The Balaban J connectivity index is 1.07. The van der Waals surface area contributed by atoms with Crippen molar-refractivity contribution in [1.29, 1.82) is 0 Å². The molecule has 9 rings (SSSR count). The highest BCUT2D eigenvalue weighted by atomic mass is 28.3. The molecule has 0 aliphatic heterocycles. The molecular formula is C52H39NSi. The zero-order chi connectivity index (χ0) is 36.2. The number of para-hydroxylation sites is 1. The average Bonchev–Trinajstić information content (AvgIpc) is 3.26. The van der Waals surface area contributed by atoms with Gasteiger partial charge in [-0.15, -0.1) is 0 Å². The standard InChI is InChI=1S/C52H39NSi/c1-5-18-44(19-6-1)53(52-39-43-17-13-14-26-49(43)50-27-15-16-28-51(50)52)45-35-33-42(34-36-45)41-31-29-40(30-32-41)37-38-54(46-20-7-2-8-21-46,47-22-9-3-10-23-47)48-24-11-4-12-25-48/h1-39H/b38-37+. The lowest BCUT2D eigenvalue weighted by atomic mass is 9.98. The summed E-state index contributed by atoms with van der Waals surface area (Å²) in [6, 6.07) is 81.5. The summed E-state index contributed by atoms with van der Waals surface area (Å²) in [5.41, 5.74) is 9.49. The molecule has 9 aromatic rings. The Labute approximate surface area is 318 Å². The van der Waals surface area contributed by atoms with Crippen LogP contribution in [0.5, 0.6) is 0 Å². The van der Waals surface area contributed by atoms with Gasteiger partial charge in [-0.25, -0.2) is 0 Å². The van der Waals surface area contributed by atoms with Crippen molar-refractivity contribution in [3.63, 3.8) is 0 Å². The second-order valence-electron chi connectivity index (χ2n) is 13.7. The molecule has 0 heterocycles. The normalized spacial score (nSPS) is 11.6. The van der Waals surface area contributed by atoms with E-state index < -0.39 is 8.07 Å². The van der Waals surface area contributed by atoms with Gasteiger partial charge in [0.1, 0.15) is 0 Å². The highest BCUT2D eigenvalue weighted by molar-refractivity contribution is 7.15. The lowest BCUT2D eigenvalue weighted by Gasteiger charge is -2.30. The Kier molecular flexibility index (Phi) is 9.02. The molecule has 0 saturated carbocycles. The molecule has 0 radical (unpaired) electrons. The van der Waals surface area contributed by atoms with Crippen LogP contribution in [0.25, 0.3) is 38.7 Å². The molecular weight excluding hydrogens is 667 g/mol. The fourth-order valence-corrected chi connectivity index (χ4v) is 12.1. The van der Waals surface area contributed by atoms with Crippen molar-refractivity contribution in [2.24, 2.45) is 0 Å². The van der Waals surface area contributed by atoms with E-state index >= 15 is 0 Å². The fraction of sp³-hybridized carbons (Fsp3) is 0. The largest absolute Gasteiger partial charge is 0.310 e. The molecule has 0 N–H and O–H groups in total. The second-order valence-corrected chi connectivity index (χ2v) is 17.4. The fourth-order valence-electron chi connectivity index (χ4n) is 7.93. The summed E-state index contributed by atoms with van der Waals surface area (Å²) in [6.07, 6.45) is 2.33. The molecule has 256 valence electrons. The van der Waals surface area contributed by atoms with Gasteiger partial charge in [-0.1, -0.05) is 206 Å². The zero-order valence-corrected chi connectivity index (χ0v) is 31.0. The van der Waals surface area contributed by atoms with Crippen LogP contribution in [-0.4, -0.2) is 8.07 Å². The molecule has 0 amide bonds. The highest BCUT2D eigenvalue weighted by Crippen LogP contribution is 2.42. The molecule has 0 saturated heterocycles.